The van der Waals surface area contributed by atoms with E-state index in [1.54, 1.807) is 12.1 Å². The van der Waals surface area contributed by atoms with Gasteiger partial charge in [-0.3, -0.25) is 4.79 Å². The number of piperidine rings is 1. The first-order valence-electron chi connectivity index (χ1n) is 8.23. The summed E-state index contributed by atoms with van der Waals surface area (Å²) >= 11 is 0. The van der Waals surface area contributed by atoms with Gasteiger partial charge in [-0.1, -0.05) is 6.92 Å². The van der Waals surface area contributed by atoms with E-state index in [-0.39, 0.29) is 29.2 Å². The lowest BCUT2D eigenvalue weighted by Crippen LogP contribution is -2.51. The third kappa shape index (κ3) is 4.15. The molecule has 0 spiro atoms. The fraction of sp³-hybridized carbons (Fsp3) is 0.588. The number of ether oxygens (including phenoxy) is 1. The number of benzene rings is 1. The van der Waals surface area contributed by atoms with E-state index in [9.17, 15) is 13.2 Å². The number of methoxy groups -OCH3 is 1. The zero-order valence-corrected chi connectivity index (χ0v) is 15.1. The normalized spacial score (nSPS) is 21.7. The predicted molar refractivity (Wildman–Crippen MR) is 92.6 cm³/mol. The van der Waals surface area contributed by atoms with Crippen LogP contribution in [0.5, 0.6) is 0 Å². The van der Waals surface area contributed by atoms with E-state index < -0.39 is 9.84 Å². The summed E-state index contributed by atoms with van der Waals surface area (Å²) in [6, 6.07) is 6.17. The van der Waals surface area contributed by atoms with E-state index in [0.29, 0.717) is 24.6 Å². The van der Waals surface area contributed by atoms with Crippen molar-refractivity contribution in [1.29, 1.82) is 0 Å². The molecule has 1 aromatic rings. The largest absolute Gasteiger partial charge is 0.384 e. The number of nitrogens with zero attached hydrogens (tertiary/aromatic N) is 1. The van der Waals surface area contributed by atoms with Crippen molar-refractivity contribution in [2.75, 3.05) is 32.6 Å². The van der Waals surface area contributed by atoms with Gasteiger partial charge in [0.15, 0.2) is 9.84 Å². The Kier molecular flexibility index (Phi) is 6.37. The van der Waals surface area contributed by atoms with E-state index in [1.165, 1.54) is 19.2 Å². The Balaban J connectivity index is 2.16. The predicted octanol–water partition coefficient (Wildman–Crippen LogP) is 1.31. The maximum atomic E-state index is 12.7. The van der Waals surface area contributed by atoms with Crippen molar-refractivity contribution in [3.8, 4) is 0 Å². The summed E-state index contributed by atoms with van der Waals surface area (Å²) in [5.41, 5.74) is 6.34. The molecule has 1 aliphatic heterocycles. The number of likely N-dealkylation sites (tertiary alicyclic amines) is 1. The molecule has 24 heavy (non-hydrogen) atoms. The second-order valence-corrected chi connectivity index (χ2v) is 8.37. The van der Waals surface area contributed by atoms with Crippen molar-refractivity contribution in [3.63, 3.8) is 0 Å². The second-order valence-electron chi connectivity index (χ2n) is 6.26. The summed E-state index contributed by atoms with van der Waals surface area (Å²) in [4.78, 5) is 14.8. The van der Waals surface area contributed by atoms with E-state index in [0.717, 1.165) is 12.8 Å². The molecule has 0 bridgehead atoms. The molecule has 1 heterocycles. The van der Waals surface area contributed by atoms with E-state index in [1.807, 2.05) is 4.90 Å². The number of rotatable bonds is 6. The van der Waals surface area contributed by atoms with Crippen LogP contribution in [0.1, 0.15) is 30.1 Å². The highest BCUT2D eigenvalue weighted by molar-refractivity contribution is 7.91. The van der Waals surface area contributed by atoms with E-state index in [2.05, 4.69) is 6.92 Å². The minimum absolute atomic E-state index is 0.0383. The number of nitrogens with two attached hydrogens (primary N) is 1. The zero-order chi connectivity index (χ0) is 17.7. The van der Waals surface area contributed by atoms with Crippen LogP contribution in [0.4, 0.5) is 0 Å². The number of carbonyl (C=O) groups is 1. The van der Waals surface area contributed by atoms with Crippen LogP contribution in [0.3, 0.4) is 0 Å². The average molecular weight is 354 g/mol. The molecule has 0 aromatic heterocycles. The minimum Gasteiger partial charge on any atom is -0.384 e. The van der Waals surface area contributed by atoms with Gasteiger partial charge in [0.2, 0.25) is 0 Å². The molecular formula is C17H26N2O4S. The smallest absolute Gasteiger partial charge is 0.254 e. The Hall–Kier alpha value is -1.44. The summed E-state index contributed by atoms with van der Waals surface area (Å²) < 4.78 is 29.1. The van der Waals surface area contributed by atoms with Gasteiger partial charge in [-0.05, 0) is 43.0 Å². The Morgan fingerprint density at radius 1 is 1.33 bits per heavy atom. The Bertz CT molecular complexity index is 658. The van der Waals surface area contributed by atoms with Gasteiger partial charge in [-0.15, -0.1) is 0 Å². The van der Waals surface area contributed by atoms with Gasteiger partial charge in [0.05, 0.1) is 17.3 Å². The molecule has 1 saturated heterocycles. The van der Waals surface area contributed by atoms with E-state index in [4.69, 9.17) is 10.5 Å². The molecule has 0 unspecified atom stereocenters. The molecule has 134 valence electrons. The lowest BCUT2D eigenvalue weighted by molar-refractivity contribution is 0.0532. The maximum Gasteiger partial charge on any atom is 0.254 e. The standard InChI is InChI=1S/C17H26N2O4S/c1-13-4-3-9-19(16(13)12-18)17(20)14-5-7-15(8-6-14)24(21,22)11-10-23-2/h5-8,13,16H,3-4,9-12,18H2,1-2H3/t13-,16+/m1/s1. The number of hydrogen-bond donors (Lipinski definition) is 1. The van der Waals surface area contributed by atoms with Crippen LogP contribution in [0.2, 0.25) is 0 Å². The number of amides is 1. The van der Waals surface area contributed by atoms with Crippen LogP contribution in [-0.2, 0) is 14.6 Å². The SMILES string of the molecule is COCCS(=O)(=O)c1ccc(C(=O)N2CCC[C@@H](C)[C@@H]2CN)cc1. The highest BCUT2D eigenvalue weighted by Crippen LogP contribution is 2.24. The van der Waals surface area contributed by atoms with Crippen molar-refractivity contribution < 1.29 is 17.9 Å². The second kappa shape index (κ2) is 8.09. The third-order valence-electron chi connectivity index (χ3n) is 4.63. The van der Waals surface area contributed by atoms with Crippen LogP contribution in [0.15, 0.2) is 29.2 Å². The highest BCUT2D eigenvalue weighted by atomic mass is 32.2. The number of hydrogen-bond acceptors (Lipinski definition) is 5. The Morgan fingerprint density at radius 3 is 2.58 bits per heavy atom. The third-order valence-corrected chi connectivity index (χ3v) is 6.33. The van der Waals surface area contributed by atoms with Gasteiger partial charge >= 0.3 is 0 Å². The molecule has 2 atom stereocenters. The first-order valence-corrected chi connectivity index (χ1v) is 9.88. The molecule has 1 fully saturated rings. The van der Waals surface area contributed by atoms with Crippen molar-refractivity contribution in [2.24, 2.45) is 11.7 Å². The van der Waals surface area contributed by atoms with Crippen LogP contribution in [0.25, 0.3) is 0 Å². The summed E-state index contributed by atoms with van der Waals surface area (Å²) in [5, 5.41) is 0. The van der Waals surface area contributed by atoms with E-state index >= 15 is 0 Å². The fourth-order valence-electron chi connectivity index (χ4n) is 3.14. The molecule has 0 saturated carbocycles. The monoisotopic (exact) mass is 354 g/mol. The van der Waals surface area contributed by atoms with Crippen molar-refractivity contribution >= 4 is 15.7 Å². The van der Waals surface area contributed by atoms with Gasteiger partial charge < -0.3 is 15.4 Å². The maximum absolute atomic E-state index is 12.7. The summed E-state index contributed by atoms with van der Waals surface area (Å²) in [6.45, 7) is 3.39. The molecule has 1 aromatic carbocycles. The number of sulfone groups is 1. The van der Waals surface area contributed by atoms with Gasteiger partial charge in [0.1, 0.15) is 0 Å². The fourth-order valence-corrected chi connectivity index (χ4v) is 4.31. The first kappa shape index (κ1) is 18.9. The molecule has 2 rings (SSSR count). The van der Waals surface area contributed by atoms with Crippen molar-refractivity contribution in [1.82, 2.24) is 4.90 Å². The van der Waals surface area contributed by atoms with Gasteiger partial charge in [-0.2, -0.15) is 0 Å². The topological polar surface area (TPSA) is 89.7 Å². The van der Waals surface area contributed by atoms with Crippen LogP contribution < -0.4 is 5.73 Å². The minimum atomic E-state index is -3.38. The molecule has 6 nitrogen and oxygen atoms in total. The quantitative estimate of drug-likeness (QED) is 0.832. The molecular weight excluding hydrogens is 328 g/mol. The molecule has 0 radical (unpaired) electrons. The summed E-state index contributed by atoms with van der Waals surface area (Å²) in [6.07, 6.45) is 2.04. The highest BCUT2D eigenvalue weighted by Gasteiger charge is 2.31. The lowest BCUT2D eigenvalue weighted by Gasteiger charge is -2.39. The molecule has 1 amide bonds. The lowest BCUT2D eigenvalue weighted by atomic mass is 9.90. The van der Waals surface area contributed by atoms with Gasteiger partial charge in [0.25, 0.3) is 5.91 Å². The summed E-state index contributed by atoms with van der Waals surface area (Å²) in [7, 11) is -1.92. The molecule has 0 aliphatic carbocycles. The number of carbonyl (C=O) groups excluding carboxylic acids is 1. The Labute approximate surface area is 143 Å². The van der Waals surface area contributed by atoms with Crippen LogP contribution in [-0.4, -0.2) is 57.8 Å². The molecule has 2 N–H and O–H groups in total. The Morgan fingerprint density at radius 2 is 2.00 bits per heavy atom. The van der Waals surface area contributed by atoms with Crippen molar-refractivity contribution in [3.05, 3.63) is 29.8 Å². The van der Waals surface area contributed by atoms with Gasteiger partial charge in [-0.25, -0.2) is 8.42 Å². The summed E-state index contributed by atoms with van der Waals surface area (Å²) in [5.74, 6) is 0.217. The van der Waals surface area contributed by atoms with Gasteiger partial charge in [0, 0.05) is 31.8 Å². The molecule has 1 aliphatic rings. The van der Waals surface area contributed by atoms with Crippen LogP contribution in [0, 0.1) is 5.92 Å². The van der Waals surface area contributed by atoms with Crippen molar-refractivity contribution in [2.45, 2.75) is 30.7 Å². The average Bonchev–Trinajstić information content (AvgIpc) is 2.59. The molecule has 7 heteroatoms. The van der Waals surface area contributed by atoms with Crippen LogP contribution >= 0.6 is 0 Å². The first-order chi connectivity index (χ1) is 11.4. The zero-order valence-electron chi connectivity index (χ0n) is 14.3.